The Hall–Kier alpha value is -7.42. The van der Waals surface area contributed by atoms with E-state index in [1.54, 1.807) is 0 Å². The summed E-state index contributed by atoms with van der Waals surface area (Å²) in [6.07, 6.45) is 0. The van der Waals surface area contributed by atoms with E-state index in [0.29, 0.717) is 0 Å². The number of aromatic nitrogens is 2. The zero-order chi connectivity index (χ0) is 39.0. The summed E-state index contributed by atoms with van der Waals surface area (Å²) in [7, 11) is 0. The second kappa shape index (κ2) is 11.8. The number of para-hydroxylation sites is 2. The highest BCUT2D eigenvalue weighted by molar-refractivity contribution is 6.29. The lowest BCUT2D eigenvalue weighted by Gasteiger charge is -2.21. The largest absolute Gasteiger partial charge is 0.309 e. The van der Waals surface area contributed by atoms with Gasteiger partial charge < -0.3 is 9.13 Å². The molecule has 13 rings (SSSR count). The molecule has 0 fully saturated rings. The van der Waals surface area contributed by atoms with Crippen LogP contribution in [0.3, 0.4) is 0 Å². The van der Waals surface area contributed by atoms with E-state index in [1.165, 1.54) is 115 Å². The summed E-state index contributed by atoms with van der Waals surface area (Å²) in [5.41, 5.74) is 15.0. The number of hydrogen-bond acceptors (Lipinski definition) is 0. The fourth-order valence-corrected chi connectivity index (χ4v) is 10.7. The first-order valence-electron chi connectivity index (χ1n) is 20.7. The quantitative estimate of drug-likeness (QED) is 0.159. The van der Waals surface area contributed by atoms with Crippen LogP contribution in [0.5, 0.6) is 0 Å². The van der Waals surface area contributed by atoms with E-state index in [9.17, 15) is 0 Å². The molecule has 0 spiro atoms. The van der Waals surface area contributed by atoms with Gasteiger partial charge in [0.15, 0.2) is 0 Å². The molecule has 276 valence electrons. The molecule has 0 atom stereocenters. The number of hydrogen-bond donors (Lipinski definition) is 0. The first-order chi connectivity index (χ1) is 29.0. The number of benzene rings is 10. The molecule has 1 aliphatic rings. The molecule has 2 nitrogen and oxygen atoms in total. The van der Waals surface area contributed by atoms with Crippen molar-refractivity contribution in [1.29, 1.82) is 0 Å². The van der Waals surface area contributed by atoms with Crippen molar-refractivity contribution < 1.29 is 0 Å². The van der Waals surface area contributed by atoms with Crippen molar-refractivity contribution in [3.8, 4) is 33.6 Å². The molecule has 2 aromatic heterocycles. The molecule has 0 aliphatic heterocycles. The van der Waals surface area contributed by atoms with Gasteiger partial charge in [-0.25, -0.2) is 0 Å². The summed E-state index contributed by atoms with van der Waals surface area (Å²) >= 11 is 0. The van der Waals surface area contributed by atoms with E-state index in [2.05, 4.69) is 217 Å². The van der Waals surface area contributed by atoms with Crippen LogP contribution in [-0.4, -0.2) is 9.13 Å². The van der Waals surface area contributed by atoms with Crippen LogP contribution in [0.4, 0.5) is 0 Å². The lowest BCUT2D eigenvalue weighted by Crippen LogP contribution is -2.14. The minimum atomic E-state index is -0.108. The third-order valence-electron chi connectivity index (χ3n) is 13.5. The highest BCUT2D eigenvalue weighted by Crippen LogP contribution is 2.51. The third-order valence-corrected chi connectivity index (χ3v) is 13.5. The van der Waals surface area contributed by atoms with Gasteiger partial charge >= 0.3 is 0 Å². The highest BCUT2D eigenvalue weighted by atomic mass is 15.0. The second-order valence-electron chi connectivity index (χ2n) is 16.9. The summed E-state index contributed by atoms with van der Waals surface area (Å²) in [6, 6.07) is 72.4. The molecule has 12 aromatic rings. The minimum Gasteiger partial charge on any atom is -0.309 e. The first kappa shape index (κ1) is 32.6. The maximum Gasteiger partial charge on any atom is 0.0547 e. The van der Waals surface area contributed by atoms with Crippen molar-refractivity contribution in [2.45, 2.75) is 19.3 Å². The van der Waals surface area contributed by atoms with E-state index in [0.717, 1.165) is 5.69 Å². The molecular formula is C57H38N2. The molecule has 0 saturated heterocycles. The van der Waals surface area contributed by atoms with Crippen LogP contribution in [0.15, 0.2) is 194 Å². The van der Waals surface area contributed by atoms with Gasteiger partial charge in [0.2, 0.25) is 0 Å². The summed E-state index contributed by atoms with van der Waals surface area (Å²) in [4.78, 5) is 0. The average molecular weight is 751 g/mol. The van der Waals surface area contributed by atoms with Crippen LogP contribution in [0.1, 0.15) is 25.0 Å². The maximum atomic E-state index is 2.52. The van der Waals surface area contributed by atoms with Gasteiger partial charge in [-0.15, -0.1) is 0 Å². The van der Waals surface area contributed by atoms with Crippen molar-refractivity contribution >= 4 is 75.9 Å². The Kier molecular flexibility index (Phi) is 6.54. The Balaban J connectivity index is 1.06. The molecule has 0 saturated carbocycles. The van der Waals surface area contributed by atoms with Gasteiger partial charge in [0.1, 0.15) is 0 Å². The van der Waals surface area contributed by atoms with Crippen molar-refractivity contribution in [2.24, 2.45) is 0 Å². The summed E-state index contributed by atoms with van der Waals surface area (Å²) in [5.74, 6) is 0. The molecule has 0 bridgehead atoms. The Bertz CT molecular complexity index is 3730. The van der Waals surface area contributed by atoms with Crippen molar-refractivity contribution in [3.05, 3.63) is 205 Å². The second-order valence-corrected chi connectivity index (χ2v) is 16.9. The molecule has 2 heterocycles. The Morgan fingerprint density at radius 3 is 1.54 bits per heavy atom. The zero-order valence-electron chi connectivity index (χ0n) is 32.9. The first-order valence-corrected chi connectivity index (χ1v) is 20.7. The minimum absolute atomic E-state index is 0.108. The van der Waals surface area contributed by atoms with E-state index in [1.807, 2.05) is 0 Å². The Morgan fingerprint density at radius 1 is 0.288 bits per heavy atom. The van der Waals surface area contributed by atoms with E-state index in [4.69, 9.17) is 0 Å². The van der Waals surface area contributed by atoms with Crippen molar-refractivity contribution in [2.75, 3.05) is 0 Å². The van der Waals surface area contributed by atoms with Gasteiger partial charge in [-0.1, -0.05) is 147 Å². The Morgan fingerprint density at radius 2 is 0.797 bits per heavy atom. The molecule has 2 heteroatoms. The van der Waals surface area contributed by atoms with Crippen LogP contribution < -0.4 is 0 Å². The van der Waals surface area contributed by atoms with Crippen LogP contribution in [0.25, 0.3) is 110 Å². The topological polar surface area (TPSA) is 9.86 Å². The van der Waals surface area contributed by atoms with Gasteiger partial charge in [-0.3, -0.25) is 0 Å². The van der Waals surface area contributed by atoms with E-state index in [-0.39, 0.29) is 5.41 Å². The fourth-order valence-electron chi connectivity index (χ4n) is 10.7. The normalized spacial score (nSPS) is 13.4. The maximum absolute atomic E-state index is 2.52. The van der Waals surface area contributed by atoms with Gasteiger partial charge in [0.05, 0.1) is 22.1 Å². The predicted molar refractivity (Wildman–Crippen MR) is 251 cm³/mol. The smallest absolute Gasteiger partial charge is 0.0547 e. The molecule has 59 heavy (non-hydrogen) atoms. The van der Waals surface area contributed by atoms with E-state index >= 15 is 0 Å². The van der Waals surface area contributed by atoms with Crippen LogP contribution in [0.2, 0.25) is 0 Å². The monoisotopic (exact) mass is 750 g/mol. The van der Waals surface area contributed by atoms with Crippen molar-refractivity contribution in [3.63, 3.8) is 0 Å². The standard InChI is InChI=1S/C57H38N2/c1-57(2)51-22-12-10-20-43(51)48-32-50-49-31-46-41-18-8-6-16-39(41)40-17-7-9-19-42(40)47(46)33-55(49)59(56(50)34-52(48)57)38-27-24-35(25-28-38)36-26-29-45-44-21-11-13-23-53(44)58(54(45)30-36)37-14-4-3-5-15-37/h3-34H,1-2H3. The van der Waals surface area contributed by atoms with E-state index < -0.39 is 0 Å². The summed E-state index contributed by atoms with van der Waals surface area (Å²) < 4.78 is 4.92. The van der Waals surface area contributed by atoms with Crippen LogP contribution in [-0.2, 0) is 5.41 Å². The molecule has 1 aliphatic carbocycles. The lowest BCUT2D eigenvalue weighted by atomic mass is 9.82. The molecule has 10 aromatic carbocycles. The molecule has 0 radical (unpaired) electrons. The third kappa shape index (κ3) is 4.46. The molecule has 0 amide bonds. The Labute approximate surface area is 341 Å². The molecule has 0 N–H and O–H groups in total. The number of fused-ring (bicyclic) bond motifs is 15. The van der Waals surface area contributed by atoms with Crippen LogP contribution in [0, 0.1) is 0 Å². The summed E-state index contributed by atoms with van der Waals surface area (Å²) in [6.45, 7) is 4.76. The SMILES string of the molecule is CC1(C)c2ccccc2-c2cc3c4cc5c6ccccc6c6ccccc6c5cc4n(-c4ccc(-c5ccc6c7ccccc7n(-c7ccccc7)c6c5)cc4)c3cc21. The zero-order valence-corrected chi connectivity index (χ0v) is 32.9. The van der Waals surface area contributed by atoms with Gasteiger partial charge in [-0.2, -0.15) is 0 Å². The number of rotatable bonds is 3. The van der Waals surface area contributed by atoms with Gasteiger partial charge in [-0.05, 0) is 126 Å². The highest BCUT2D eigenvalue weighted by Gasteiger charge is 2.36. The van der Waals surface area contributed by atoms with Crippen molar-refractivity contribution in [1.82, 2.24) is 9.13 Å². The fraction of sp³-hybridized carbons (Fsp3) is 0.0526. The number of nitrogens with zero attached hydrogens (tertiary/aromatic N) is 2. The predicted octanol–water partition coefficient (Wildman–Crippen LogP) is 15.3. The average Bonchev–Trinajstić information content (AvgIpc) is 3.87. The summed E-state index contributed by atoms with van der Waals surface area (Å²) in [5, 5.41) is 12.9. The van der Waals surface area contributed by atoms with Crippen LogP contribution >= 0.6 is 0 Å². The molecule has 0 unspecified atom stereocenters. The lowest BCUT2D eigenvalue weighted by molar-refractivity contribution is 0.661. The van der Waals surface area contributed by atoms with Gasteiger partial charge in [0, 0.05) is 38.3 Å². The molecular weight excluding hydrogens is 713 g/mol. The van der Waals surface area contributed by atoms with Gasteiger partial charge in [0.25, 0.3) is 0 Å².